The maximum absolute atomic E-state index is 11.9. The number of alkyl halides is 3. The van der Waals surface area contributed by atoms with E-state index in [1.807, 2.05) is 0 Å². The van der Waals surface area contributed by atoms with E-state index in [0.717, 1.165) is 13.1 Å². The zero-order valence-electron chi connectivity index (χ0n) is 10.5. The van der Waals surface area contributed by atoms with Gasteiger partial charge in [0.25, 0.3) is 0 Å². The molecule has 0 spiro atoms. The lowest BCUT2D eigenvalue weighted by molar-refractivity contribution is -0.174. The molecular weight excluding hydrogens is 245 g/mol. The van der Waals surface area contributed by atoms with Crippen LogP contribution in [0.15, 0.2) is 0 Å². The van der Waals surface area contributed by atoms with E-state index in [2.05, 4.69) is 15.0 Å². The molecule has 1 saturated heterocycles. The molecule has 0 aromatic carbocycles. The number of halogens is 3. The molecule has 2 fully saturated rings. The zero-order valence-corrected chi connectivity index (χ0v) is 10.5. The second-order valence-corrected chi connectivity index (χ2v) is 5.19. The summed E-state index contributed by atoms with van der Waals surface area (Å²) in [5.41, 5.74) is 0. The Kier molecular flexibility index (Phi) is 4.86. The third kappa shape index (κ3) is 5.12. The molecule has 0 unspecified atom stereocenters. The summed E-state index contributed by atoms with van der Waals surface area (Å²) in [6, 6.07) is 1.08. The lowest BCUT2D eigenvalue weighted by Crippen LogP contribution is -2.40. The molecule has 2 aliphatic rings. The minimum Gasteiger partial charge on any atom is -0.371 e. The summed E-state index contributed by atoms with van der Waals surface area (Å²) >= 11 is 0. The van der Waals surface area contributed by atoms with Crippen molar-refractivity contribution in [2.75, 3.05) is 32.8 Å². The predicted octanol–water partition coefficient (Wildman–Crippen LogP) is 1.78. The van der Waals surface area contributed by atoms with Crippen molar-refractivity contribution in [1.29, 1.82) is 0 Å². The number of nitrogens with zero attached hydrogens (tertiary/aromatic N) is 1. The Morgan fingerprint density at radius 3 is 2.56 bits per heavy atom. The van der Waals surface area contributed by atoms with Gasteiger partial charge < -0.3 is 10.1 Å². The summed E-state index contributed by atoms with van der Waals surface area (Å²) in [6.45, 7) is 1.66. The van der Waals surface area contributed by atoms with Crippen LogP contribution < -0.4 is 5.32 Å². The first-order valence-corrected chi connectivity index (χ1v) is 6.66. The maximum atomic E-state index is 11.9. The van der Waals surface area contributed by atoms with Crippen LogP contribution in [0.4, 0.5) is 13.2 Å². The molecule has 1 heterocycles. The molecule has 0 aromatic heterocycles. The molecule has 1 saturated carbocycles. The Balaban J connectivity index is 1.63. The van der Waals surface area contributed by atoms with E-state index in [-0.39, 0.29) is 6.61 Å². The van der Waals surface area contributed by atoms with Crippen molar-refractivity contribution in [1.82, 2.24) is 10.2 Å². The number of hydrogen-bond acceptors (Lipinski definition) is 3. The van der Waals surface area contributed by atoms with E-state index in [4.69, 9.17) is 0 Å². The quantitative estimate of drug-likeness (QED) is 0.711. The van der Waals surface area contributed by atoms with Crippen molar-refractivity contribution in [3.63, 3.8) is 0 Å². The average molecular weight is 266 g/mol. The highest BCUT2D eigenvalue weighted by Crippen LogP contribution is 2.27. The van der Waals surface area contributed by atoms with E-state index in [1.165, 1.54) is 25.7 Å². The van der Waals surface area contributed by atoms with Crippen molar-refractivity contribution < 1.29 is 17.9 Å². The van der Waals surface area contributed by atoms with Crippen molar-refractivity contribution in [2.45, 2.75) is 43.9 Å². The van der Waals surface area contributed by atoms with Crippen LogP contribution in [-0.4, -0.2) is 56.0 Å². The van der Waals surface area contributed by atoms with E-state index < -0.39 is 12.8 Å². The van der Waals surface area contributed by atoms with E-state index in [1.54, 1.807) is 0 Å². The summed E-state index contributed by atoms with van der Waals surface area (Å²) in [5.74, 6) is 0. The van der Waals surface area contributed by atoms with Crippen LogP contribution in [0.3, 0.4) is 0 Å². The molecule has 3 nitrogen and oxygen atoms in total. The Morgan fingerprint density at radius 1 is 1.22 bits per heavy atom. The molecule has 0 aromatic rings. The van der Waals surface area contributed by atoms with Crippen LogP contribution >= 0.6 is 0 Å². The molecule has 1 N–H and O–H groups in total. The van der Waals surface area contributed by atoms with Crippen LogP contribution in [0.5, 0.6) is 0 Å². The van der Waals surface area contributed by atoms with Crippen LogP contribution in [0.1, 0.15) is 25.7 Å². The molecule has 2 rings (SSSR count). The summed E-state index contributed by atoms with van der Waals surface area (Å²) in [5, 5.41) is 3.42. The van der Waals surface area contributed by atoms with Gasteiger partial charge in [0.1, 0.15) is 6.61 Å². The van der Waals surface area contributed by atoms with Gasteiger partial charge in [0.2, 0.25) is 0 Å². The smallest absolute Gasteiger partial charge is 0.371 e. The highest BCUT2D eigenvalue weighted by Gasteiger charge is 2.31. The monoisotopic (exact) mass is 266 g/mol. The molecule has 6 heteroatoms. The van der Waals surface area contributed by atoms with Gasteiger partial charge in [-0.3, -0.25) is 4.90 Å². The van der Waals surface area contributed by atoms with Gasteiger partial charge in [0.15, 0.2) is 0 Å². The van der Waals surface area contributed by atoms with Crippen LogP contribution in [-0.2, 0) is 4.74 Å². The number of nitrogens with one attached hydrogen (secondary N) is 1. The van der Waals surface area contributed by atoms with Gasteiger partial charge in [0.05, 0.1) is 6.61 Å². The van der Waals surface area contributed by atoms with E-state index in [9.17, 15) is 13.2 Å². The third-order valence-corrected chi connectivity index (χ3v) is 3.47. The van der Waals surface area contributed by atoms with Crippen molar-refractivity contribution >= 4 is 0 Å². The summed E-state index contributed by atoms with van der Waals surface area (Å²) in [6.07, 6.45) is 0.510. The minimum atomic E-state index is -4.21. The van der Waals surface area contributed by atoms with Gasteiger partial charge in [-0.2, -0.15) is 13.2 Å². The van der Waals surface area contributed by atoms with Crippen LogP contribution in [0.25, 0.3) is 0 Å². The van der Waals surface area contributed by atoms with Crippen LogP contribution in [0, 0.1) is 0 Å². The fraction of sp³-hybridized carbons (Fsp3) is 1.00. The fourth-order valence-corrected chi connectivity index (χ4v) is 2.43. The SMILES string of the molecule is FC(F)(F)COCCN(C[C@@H]1CCCN1)C1CC1. The second kappa shape index (κ2) is 6.21. The second-order valence-electron chi connectivity index (χ2n) is 5.19. The molecular formula is C12H21F3N2O. The van der Waals surface area contributed by atoms with Crippen molar-refractivity contribution in [3.8, 4) is 0 Å². The standard InChI is InChI=1S/C12H21F3N2O/c13-12(14,15)9-18-7-6-17(11-3-4-11)8-10-2-1-5-16-10/h10-11,16H,1-9H2/t10-/m0/s1. The van der Waals surface area contributed by atoms with Crippen molar-refractivity contribution in [3.05, 3.63) is 0 Å². The van der Waals surface area contributed by atoms with Gasteiger partial charge in [-0.15, -0.1) is 0 Å². The number of hydrogen-bond donors (Lipinski definition) is 1. The van der Waals surface area contributed by atoms with Gasteiger partial charge in [-0.05, 0) is 32.2 Å². The zero-order chi connectivity index (χ0) is 13.0. The fourth-order valence-electron chi connectivity index (χ4n) is 2.43. The summed E-state index contributed by atoms with van der Waals surface area (Å²) in [4.78, 5) is 2.28. The minimum absolute atomic E-state index is 0.169. The van der Waals surface area contributed by atoms with Crippen molar-refractivity contribution in [2.24, 2.45) is 0 Å². The van der Waals surface area contributed by atoms with Gasteiger partial charge >= 0.3 is 6.18 Å². The van der Waals surface area contributed by atoms with Gasteiger partial charge in [-0.1, -0.05) is 0 Å². The topological polar surface area (TPSA) is 24.5 Å². The normalized spacial score (nSPS) is 25.0. The first-order valence-electron chi connectivity index (χ1n) is 6.66. The Bertz CT molecular complexity index is 250. The Labute approximate surface area is 106 Å². The maximum Gasteiger partial charge on any atom is 0.411 e. The van der Waals surface area contributed by atoms with Gasteiger partial charge in [0, 0.05) is 25.2 Å². The molecule has 0 amide bonds. The largest absolute Gasteiger partial charge is 0.411 e. The predicted molar refractivity (Wildman–Crippen MR) is 62.5 cm³/mol. The molecule has 0 bridgehead atoms. The first kappa shape index (κ1) is 14.1. The molecule has 1 atom stereocenters. The van der Waals surface area contributed by atoms with Crippen LogP contribution in [0.2, 0.25) is 0 Å². The molecule has 106 valence electrons. The lowest BCUT2D eigenvalue weighted by atomic mass is 10.2. The summed E-state index contributed by atoms with van der Waals surface area (Å²) < 4.78 is 40.5. The highest BCUT2D eigenvalue weighted by molar-refractivity contribution is 4.88. The lowest BCUT2D eigenvalue weighted by Gasteiger charge is -2.25. The Morgan fingerprint density at radius 2 is 2.00 bits per heavy atom. The summed E-state index contributed by atoms with van der Waals surface area (Å²) in [7, 11) is 0. The molecule has 18 heavy (non-hydrogen) atoms. The van der Waals surface area contributed by atoms with E-state index in [0.29, 0.717) is 18.6 Å². The van der Waals surface area contributed by atoms with E-state index >= 15 is 0 Å². The first-order chi connectivity index (χ1) is 8.54. The molecule has 1 aliphatic heterocycles. The highest BCUT2D eigenvalue weighted by atomic mass is 19.4. The third-order valence-electron chi connectivity index (χ3n) is 3.47. The molecule has 1 aliphatic carbocycles. The average Bonchev–Trinajstić information content (AvgIpc) is 3.00. The van der Waals surface area contributed by atoms with Gasteiger partial charge in [-0.25, -0.2) is 0 Å². The number of ether oxygens (including phenoxy) is 1. The molecule has 0 radical (unpaired) electrons. The number of rotatable bonds is 7. The Hall–Kier alpha value is -0.330.